The Balaban J connectivity index is 1.49. The molecule has 0 radical (unpaired) electrons. The molecule has 12 heteroatoms. The van der Waals surface area contributed by atoms with Crippen molar-refractivity contribution in [1.82, 2.24) is 24.8 Å². The van der Waals surface area contributed by atoms with Gasteiger partial charge in [-0.3, -0.25) is 20.1 Å². The molecule has 0 aliphatic carbocycles. The summed E-state index contributed by atoms with van der Waals surface area (Å²) in [7, 11) is 3.38. The van der Waals surface area contributed by atoms with E-state index in [1.54, 1.807) is 13.0 Å². The van der Waals surface area contributed by atoms with Crippen molar-refractivity contribution in [3.8, 4) is 11.8 Å². The van der Waals surface area contributed by atoms with Gasteiger partial charge in [0.1, 0.15) is 11.5 Å². The van der Waals surface area contributed by atoms with Crippen LogP contribution in [0.3, 0.4) is 0 Å². The molecule has 3 heterocycles. The number of carbonyl (C=O) groups is 1. The van der Waals surface area contributed by atoms with Gasteiger partial charge in [0.2, 0.25) is 5.90 Å². The van der Waals surface area contributed by atoms with E-state index < -0.39 is 17.6 Å². The number of methoxy groups -OCH3 is 1. The minimum Gasteiger partial charge on any atom is -0.481 e. The molecule has 1 saturated heterocycles. The number of rotatable bonds is 6. The average molecular weight is 566 g/mol. The molecule has 0 bridgehead atoms. The van der Waals surface area contributed by atoms with Crippen molar-refractivity contribution in [2.45, 2.75) is 19.6 Å². The fraction of sp³-hybridized carbons (Fsp3) is 0.310. The zero-order valence-electron chi connectivity index (χ0n) is 22.9. The van der Waals surface area contributed by atoms with E-state index in [2.05, 4.69) is 37.0 Å². The van der Waals surface area contributed by atoms with Crippen molar-refractivity contribution in [1.29, 1.82) is 5.41 Å². The van der Waals surface area contributed by atoms with E-state index in [1.165, 1.54) is 43.8 Å². The molecule has 9 nitrogen and oxygen atoms in total. The maximum Gasteiger partial charge on any atom is 0.416 e. The first kappa shape index (κ1) is 29.5. The van der Waals surface area contributed by atoms with Crippen molar-refractivity contribution in [3.63, 3.8) is 0 Å². The van der Waals surface area contributed by atoms with Crippen LogP contribution < -0.4 is 5.32 Å². The number of hydrogen-bond acceptors (Lipinski definition) is 7. The van der Waals surface area contributed by atoms with Gasteiger partial charge in [-0.25, -0.2) is 4.98 Å². The molecule has 1 aliphatic heterocycles. The molecule has 1 fully saturated rings. The van der Waals surface area contributed by atoms with Crippen molar-refractivity contribution in [3.05, 3.63) is 82.2 Å². The molecule has 1 aliphatic rings. The Kier molecular flexibility index (Phi) is 9.21. The number of nitrogens with zero attached hydrogens (tertiary/aromatic N) is 4. The largest absolute Gasteiger partial charge is 0.481 e. The molecule has 41 heavy (non-hydrogen) atoms. The minimum absolute atomic E-state index is 0.0259. The molecule has 1 aromatic carbocycles. The second kappa shape index (κ2) is 12.8. The highest BCUT2D eigenvalue weighted by Crippen LogP contribution is 2.34. The molecule has 0 unspecified atom stereocenters. The van der Waals surface area contributed by atoms with Crippen molar-refractivity contribution >= 4 is 23.6 Å². The minimum atomic E-state index is -4.56. The number of halogens is 3. The van der Waals surface area contributed by atoms with Gasteiger partial charge in [0.15, 0.2) is 0 Å². The van der Waals surface area contributed by atoms with Gasteiger partial charge in [-0.2, -0.15) is 13.2 Å². The number of carbonyl (C=O) groups excluding carboxylic acids is 1. The first-order chi connectivity index (χ1) is 19.5. The third kappa shape index (κ3) is 8.03. The van der Waals surface area contributed by atoms with Crippen LogP contribution in [0.5, 0.6) is 0 Å². The third-order valence-electron chi connectivity index (χ3n) is 6.55. The van der Waals surface area contributed by atoms with Gasteiger partial charge in [-0.1, -0.05) is 12.0 Å². The van der Waals surface area contributed by atoms with Crippen LogP contribution >= 0.6 is 0 Å². The Bertz CT molecular complexity index is 1510. The van der Waals surface area contributed by atoms with E-state index >= 15 is 0 Å². The van der Waals surface area contributed by atoms with Crippen LogP contribution in [0.15, 0.2) is 42.7 Å². The van der Waals surface area contributed by atoms with Gasteiger partial charge in [0.25, 0.3) is 5.91 Å². The van der Waals surface area contributed by atoms with E-state index in [4.69, 9.17) is 10.1 Å². The summed E-state index contributed by atoms with van der Waals surface area (Å²) < 4.78 is 46.6. The molecule has 2 aromatic heterocycles. The van der Waals surface area contributed by atoms with E-state index in [9.17, 15) is 18.0 Å². The number of aryl methyl sites for hydroxylation is 1. The fourth-order valence-corrected chi connectivity index (χ4v) is 4.13. The number of nitrogens with one attached hydrogen (secondary N) is 3. The zero-order chi connectivity index (χ0) is 29.6. The molecule has 1 amide bonds. The second-order valence-electron chi connectivity index (χ2n) is 9.59. The van der Waals surface area contributed by atoms with Crippen LogP contribution in [0, 0.1) is 24.2 Å². The number of ether oxygens (including phenoxy) is 1. The number of likely N-dealkylation sites (N-methyl/N-ethyl adjacent to an activating group) is 1. The summed E-state index contributed by atoms with van der Waals surface area (Å²) >= 11 is 0. The summed E-state index contributed by atoms with van der Waals surface area (Å²) in [4.78, 5) is 28.5. The maximum atomic E-state index is 13.9. The Hall–Kier alpha value is -4.47. The normalized spacial score (nSPS) is 14.5. The van der Waals surface area contributed by atoms with E-state index in [1.807, 2.05) is 11.9 Å². The molecular weight excluding hydrogens is 535 g/mol. The highest BCUT2D eigenvalue weighted by molar-refractivity contribution is 6.04. The van der Waals surface area contributed by atoms with Crippen molar-refractivity contribution in [2.24, 2.45) is 0 Å². The number of aromatic amines is 1. The van der Waals surface area contributed by atoms with Gasteiger partial charge in [-0.15, -0.1) is 0 Å². The number of amides is 1. The molecule has 214 valence electrons. The number of piperazine rings is 1. The van der Waals surface area contributed by atoms with Crippen molar-refractivity contribution in [2.75, 3.05) is 45.7 Å². The van der Waals surface area contributed by atoms with Gasteiger partial charge in [0, 0.05) is 56.2 Å². The van der Waals surface area contributed by atoms with Crippen LogP contribution in [-0.2, 0) is 17.5 Å². The lowest BCUT2D eigenvalue weighted by Gasteiger charge is -2.33. The third-order valence-corrected chi connectivity index (χ3v) is 6.55. The second-order valence-corrected chi connectivity index (χ2v) is 9.59. The van der Waals surface area contributed by atoms with Crippen LogP contribution in [0.4, 0.5) is 18.9 Å². The summed E-state index contributed by atoms with van der Waals surface area (Å²) in [5.41, 5.74) is 1.15. The smallest absolute Gasteiger partial charge is 0.416 e. The number of aromatic nitrogens is 3. The zero-order valence-corrected chi connectivity index (χ0v) is 22.9. The van der Waals surface area contributed by atoms with Crippen LogP contribution in [0.1, 0.15) is 44.3 Å². The van der Waals surface area contributed by atoms with Gasteiger partial charge >= 0.3 is 6.18 Å². The Morgan fingerprint density at radius 3 is 2.63 bits per heavy atom. The van der Waals surface area contributed by atoms with Crippen LogP contribution in [0.2, 0.25) is 0 Å². The van der Waals surface area contributed by atoms with E-state index in [-0.39, 0.29) is 29.3 Å². The molecular formula is C29H30F3N7O2. The maximum absolute atomic E-state index is 13.9. The molecule has 0 spiro atoms. The lowest BCUT2D eigenvalue weighted by atomic mass is 10.0. The van der Waals surface area contributed by atoms with Gasteiger partial charge in [0.05, 0.1) is 30.1 Å². The Labute approximate surface area is 235 Å². The molecule has 0 saturated carbocycles. The summed E-state index contributed by atoms with van der Waals surface area (Å²) in [5.74, 6) is 5.71. The molecule has 3 aromatic rings. The number of anilines is 1. The SMILES string of the molecule is COC(=N)/C=C\c1ncc(C#Cc2cc(C(=O)Nc3ccc(CN4CCN(C)CC4)c(C(F)(F)F)c3)cnc2C)[nH]1. The number of imidazole rings is 1. The van der Waals surface area contributed by atoms with E-state index in [0.717, 1.165) is 19.2 Å². The first-order valence-corrected chi connectivity index (χ1v) is 12.8. The highest BCUT2D eigenvalue weighted by atomic mass is 19.4. The number of alkyl halides is 3. The average Bonchev–Trinajstić information content (AvgIpc) is 3.40. The predicted molar refractivity (Wildman–Crippen MR) is 149 cm³/mol. The van der Waals surface area contributed by atoms with Gasteiger partial charge in [-0.05, 0) is 49.7 Å². The summed E-state index contributed by atoms with van der Waals surface area (Å²) in [5, 5.41) is 10.0. The first-order valence-electron chi connectivity index (χ1n) is 12.8. The van der Waals surface area contributed by atoms with Crippen molar-refractivity contribution < 1.29 is 22.7 Å². The Morgan fingerprint density at radius 2 is 1.93 bits per heavy atom. The lowest BCUT2D eigenvalue weighted by molar-refractivity contribution is -0.138. The number of pyridine rings is 1. The monoisotopic (exact) mass is 565 g/mol. The highest BCUT2D eigenvalue weighted by Gasteiger charge is 2.34. The number of benzene rings is 1. The summed E-state index contributed by atoms with van der Waals surface area (Å²) in [6.07, 6.45) is 1.31. The topological polar surface area (TPSA) is 110 Å². The fourth-order valence-electron chi connectivity index (χ4n) is 4.13. The molecule has 0 atom stereocenters. The van der Waals surface area contributed by atoms with Crippen LogP contribution in [0.25, 0.3) is 6.08 Å². The van der Waals surface area contributed by atoms with Crippen LogP contribution in [-0.4, -0.2) is 76.9 Å². The number of H-pyrrole nitrogens is 1. The summed E-state index contributed by atoms with van der Waals surface area (Å²) in [6, 6.07) is 5.42. The Morgan fingerprint density at radius 1 is 1.17 bits per heavy atom. The number of hydrogen-bond donors (Lipinski definition) is 3. The van der Waals surface area contributed by atoms with Gasteiger partial charge < -0.3 is 19.9 Å². The lowest BCUT2D eigenvalue weighted by Crippen LogP contribution is -2.44. The van der Waals surface area contributed by atoms with E-state index in [0.29, 0.717) is 35.9 Å². The molecule has 4 rings (SSSR count). The predicted octanol–water partition coefficient (Wildman–Crippen LogP) is 4.17. The summed E-state index contributed by atoms with van der Waals surface area (Å²) in [6.45, 7) is 4.90. The quantitative estimate of drug-likeness (QED) is 0.235. The molecule has 3 N–H and O–H groups in total. The standard InChI is InChI=1S/C29H30F3N7O2/c1-19-20(4-7-24-17-35-27(36-24)9-8-26(33)41-3)14-22(16-34-19)28(40)37-23-6-5-21(25(15-23)29(30,31)32)18-39-12-10-38(2)11-13-39/h5-6,8-9,14-17,33H,10-13,18H2,1-3H3,(H,35,36)(H,37,40)/b9-8-,33-26?.